The molecule has 2 aliphatic carbocycles. The van der Waals surface area contributed by atoms with Gasteiger partial charge >= 0.3 is 0 Å². The highest BCUT2D eigenvalue weighted by atomic mass is 16.5. The molecule has 0 saturated heterocycles. The van der Waals surface area contributed by atoms with Gasteiger partial charge in [-0.15, -0.1) is 5.92 Å². The molecule has 0 aromatic heterocycles. The fourth-order valence-corrected chi connectivity index (χ4v) is 2.80. The average molecular weight is 263 g/mol. The van der Waals surface area contributed by atoms with Gasteiger partial charge in [0, 0.05) is 13.0 Å². The molecule has 0 radical (unpaired) electrons. The Balaban J connectivity index is 1.61. The van der Waals surface area contributed by atoms with Crippen LogP contribution in [-0.4, -0.2) is 25.2 Å². The summed E-state index contributed by atoms with van der Waals surface area (Å²) in [4.78, 5) is 11.7. The minimum Gasteiger partial charge on any atom is -0.356 e. The van der Waals surface area contributed by atoms with Crippen molar-refractivity contribution in [2.45, 2.75) is 63.9 Å². The standard InChI is InChI=1S/C16H25NO2/c18-16(17-12-14-8-6-7-9-14)13-19-15-10-4-2-1-3-5-11-15/h14-15H,1-4,6-10,12-13H2,(H,17,18). The Labute approximate surface area is 116 Å². The third-order valence-corrected chi connectivity index (χ3v) is 4.01. The van der Waals surface area contributed by atoms with Gasteiger partial charge in [-0.1, -0.05) is 25.2 Å². The van der Waals surface area contributed by atoms with Gasteiger partial charge in [-0.25, -0.2) is 0 Å². The Hall–Kier alpha value is -1.01. The first kappa shape index (κ1) is 14.4. The number of rotatable bonds is 5. The monoisotopic (exact) mass is 263 g/mol. The van der Waals surface area contributed by atoms with Gasteiger partial charge in [0.25, 0.3) is 0 Å². The number of ether oxygens (including phenoxy) is 1. The number of amides is 1. The normalized spacial score (nSPS) is 24.1. The predicted octanol–water partition coefficient (Wildman–Crippen LogP) is 2.65. The number of carbonyl (C=O) groups excluding carboxylic acids is 1. The van der Waals surface area contributed by atoms with Crippen molar-refractivity contribution in [3.8, 4) is 11.8 Å². The van der Waals surface area contributed by atoms with Gasteiger partial charge in [0.15, 0.2) is 0 Å². The third-order valence-electron chi connectivity index (χ3n) is 4.01. The topological polar surface area (TPSA) is 38.3 Å². The van der Waals surface area contributed by atoms with Crippen LogP contribution in [0.2, 0.25) is 0 Å². The van der Waals surface area contributed by atoms with E-state index >= 15 is 0 Å². The zero-order valence-electron chi connectivity index (χ0n) is 11.7. The molecule has 0 heterocycles. The Bertz CT molecular complexity index is 336. The smallest absolute Gasteiger partial charge is 0.246 e. The molecule has 2 rings (SSSR count). The summed E-state index contributed by atoms with van der Waals surface area (Å²) in [6.07, 6.45) is 10.6. The summed E-state index contributed by atoms with van der Waals surface area (Å²) in [5.74, 6) is 6.95. The molecule has 3 heteroatoms. The van der Waals surface area contributed by atoms with Crippen molar-refractivity contribution in [3.05, 3.63) is 0 Å². The quantitative estimate of drug-likeness (QED) is 0.774. The molecule has 1 fully saturated rings. The van der Waals surface area contributed by atoms with Crippen molar-refractivity contribution in [2.75, 3.05) is 13.2 Å². The lowest BCUT2D eigenvalue weighted by Crippen LogP contribution is -2.32. The van der Waals surface area contributed by atoms with Crippen LogP contribution in [0.15, 0.2) is 0 Å². The Kier molecular flexibility index (Phi) is 6.23. The summed E-state index contributed by atoms with van der Waals surface area (Å²) >= 11 is 0. The van der Waals surface area contributed by atoms with E-state index in [-0.39, 0.29) is 18.6 Å². The Morgan fingerprint density at radius 2 is 1.89 bits per heavy atom. The summed E-state index contributed by atoms with van der Waals surface area (Å²) in [5, 5.41) is 2.98. The molecule has 1 atom stereocenters. The summed E-state index contributed by atoms with van der Waals surface area (Å²) in [5.41, 5.74) is 0. The van der Waals surface area contributed by atoms with Crippen LogP contribution >= 0.6 is 0 Å². The number of carbonyl (C=O) groups is 1. The molecular weight excluding hydrogens is 238 g/mol. The van der Waals surface area contributed by atoms with E-state index < -0.39 is 0 Å². The van der Waals surface area contributed by atoms with E-state index in [0.29, 0.717) is 5.92 Å². The van der Waals surface area contributed by atoms with E-state index in [1.165, 1.54) is 38.5 Å². The number of nitrogens with one attached hydrogen (secondary N) is 1. The Morgan fingerprint density at radius 1 is 1.11 bits per heavy atom. The summed E-state index contributed by atoms with van der Waals surface area (Å²) < 4.78 is 5.61. The van der Waals surface area contributed by atoms with Gasteiger partial charge in [-0.2, -0.15) is 0 Å². The zero-order valence-corrected chi connectivity index (χ0v) is 11.7. The molecule has 0 aliphatic heterocycles. The van der Waals surface area contributed by atoms with E-state index in [2.05, 4.69) is 17.2 Å². The molecule has 3 nitrogen and oxygen atoms in total. The first-order valence-electron chi connectivity index (χ1n) is 7.71. The molecular formula is C16H25NO2. The molecule has 1 saturated carbocycles. The highest BCUT2D eigenvalue weighted by molar-refractivity contribution is 5.77. The lowest BCUT2D eigenvalue weighted by molar-refractivity contribution is -0.127. The maximum absolute atomic E-state index is 11.7. The summed E-state index contributed by atoms with van der Waals surface area (Å²) in [6, 6.07) is 0. The van der Waals surface area contributed by atoms with Crippen LogP contribution in [0.4, 0.5) is 0 Å². The van der Waals surface area contributed by atoms with Crippen molar-refractivity contribution < 1.29 is 9.53 Å². The van der Waals surface area contributed by atoms with Crippen molar-refractivity contribution in [2.24, 2.45) is 5.92 Å². The van der Waals surface area contributed by atoms with Crippen LogP contribution in [0.25, 0.3) is 0 Å². The van der Waals surface area contributed by atoms with E-state index in [4.69, 9.17) is 4.74 Å². The highest BCUT2D eigenvalue weighted by Crippen LogP contribution is 2.23. The maximum Gasteiger partial charge on any atom is 0.246 e. The van der Waals surface area contributed by atoms with E-state index in [0.717, 1.165) is 25.8 Å². The second kappa shape index (κ2) is 8.22. The Morgan fingerprint density at radius 3 is 2.74 bits per heavy atom. The van der Waals surface area contributed by atoms with Gasteiger partial charge in [0.05, 0.1) is 0 Å². The second-order valence-corrected chi connectivity index (χ2v) is 5.67. The van der Waals surface area contributed by atoms with Gasteiger partial charge in [-0.3, -0.25) is 4.79 Å². The van der Waals surface area contributed by atoms with Crippen LogP contribution in [0.5, 0.6) is 0 Å². The van der Waals surface area contributed by atoms with Crippen molar-refractivity contribution in [1.82, 2.24) is 5.32 Å². The molecule has 19 heavy (non-hydrogen) atoms. The van der Waals surface area contributed by atoms with Crippen molar-refractivity contribution in [1.29, 1.82) is 0 Å². The number of hydrogen-bond donors (Lipinski definition) is 1. The third kappa shape index (κ3) is 5.65. The van der Waals surface area contributed by atoms with Crippen LogP contribution in [0.1, 0.15) is 57.8 Å². The van der Waals surface area contributed by atoms with Gasteiger partial charge in [0.2, 0.25) is 5.91 Å². The fourth-order valence-electron chi connectivity index (χ4n) is 2.80. The van der Waals surface area contributed by atoms with Crippen LogP contribution in [0, 0.1) is 17.8 Å². The molecule has 1 amide bonds. The van der Waals surface area contributed by atoms with E-state index in [1.54, 1.807) is 0 Å². The van der Waals surface area contributed by atoms with Gasteiger partial charge in [-0.05, 0) is 38.0 Å². The minimum atomic E-state index is -0.0440. The SMILES string of the molecule is O=C(COC1C#CCCCCC1)NCC1CCCC1. The molecule has 0 bridgehead atoms. The van der Waals surface area contributed by atoms with Gasteiger partial charge < -0.3 is 10.1 Å². The van der Waals surface area contributed by atoms with Crippen molar-refractivity contribution in [3.63, 3.8) is 0 Å². The minimum absolute atomic E-state index is 0.00996. The molecule has 0 aromatic carbocycles. The highest BCUT2D eigenvalue weighted by Gasteiger charge is 2.16. The van der Waals surface area contributed by atoms with Crippen molar-refractivity contribution >= 4 is 5.91 Å². The molecule has 1 unspecified atom stereocenters. The van der Waals surface area contributed by atoms with E-state index in [9.17, 15) is 4.79 Å². The predicted molar refractivity (Wildman–Crippen MR) is 75.6 cm³/mol. The van der Waals surface area contributed by atoms with E-state index in [1.807, 2.05) is 0 Å². The van der Waals surface area contributed by atoms with Crippen LogP contribution in [0.3, 0.4) is 0 Å². The molecule has 0 aromatic rings. The molecule has 0 spiro atoms. The lowest BCUT2D eigenvalue weighted by atomic mass is 10.1. The van der Waals surface area contributed by atoms with Crippen LogP contribution < -0.4 is 5.32 Å². The first-order chi connectivity index (χ1) is 9.34. The first-order valence-corrected chi connectivity index (χ1v) is 7.71. The summed E-state index contributed by atoms with van der Waals surface area (Å²) in [7, 11) is 0. The molecule has 2 aliphatic rings. The lowest BCUT2D eigenvalue weighted by Gasteiger charge is -2.15. The fraction of sp³-hybridized carbons (Fsp3) is 0.812. The zero-order chi connectivity index (χ0) is 13.3. The largest absolute Gasteiger partial charge is 0.356 e. The second-order valence-electron chi connectivity index (χ2n) is 5.67. The molecule has 1 N–H and O–H groups in total. The maximum atomic E-state index is 11.7. The van der Waals surface area contributed by atoms with Gasteiger partial charge in [0.1, 0.15) is 12.7 Å². The number of hydrogen-bond acceptors (Lipinski definition) is 2. The molecule has 106 valence electrons. The van der Waals surface area contributed by atoms with Crippen LogP contribution in [-0.2, 0) is 9.53 Å². The summed E-state index contributed by atoms with van der Waals surface area (Å²) in [6.45, 7) is 0.977. The average Bonchev–Trinajstić information content (AvgIpc) is 2.88.